The topological polar surface area (TPSA) is 104 Å². The van der Waals surface area contributed by atoms with E-state index >= 15 is 0 Å². The van der Waals surface area contributed by atoms with E-state index < -0.39 is 27.6 Å². The van der Waals surface area contributed by atoms with Crippen LogP contribution in [0, 0.1) is 0 Å². The van der Waals surface area contributed by atoms with Gasteiger partial charge in [-0.3, -0.25) is 0 Å². The maximum Gasteiger partial charge on any atom is 0.416 e. The zero-order chi connectivity index (χ0) is 19.7. The molecule has 0 atom stereocenters. The van der Waals surface area contributed by atoms with Gasteiger partial charge in [-0.15, -0.1) is 15.0 Å². The van der Waals surface area contributed by atoms with Crippen LogP contribution in [0.25, 0.3) is 11.4 Å². The molecule has 0 unspecified atom stereocenters. The molecule has 0 fully saturated rings. The summed E-state index contributed by atoms with van der Waals surface area (Å²) in [6.45, 7) is 0. The second kappa shape index (κ2) is 7.08. The van der Waals surface area contributed by atoms with E-state index in [0.29, 0.717) is 17.5 Å². The second-order valence-electron chi connectivity index (χ2n) is 5.81. The fourth-order valence-corrected chi connectivity index (χ4v) is 2.92. The van der Waals surface area contributed by atoms with Crippen LogP contribution in [-0.2, 0) is 28.5 Å². The highest BCUT2D eigenvalue weighted by molar-refractivity contribution is 7.88. The number of primary sulfonamides is 1. The molecule has 3 aromatic rings. The Kier molecular flexibility index (Phi) is 4.98. The number of sulfonamides is 1. The van der Waals surface area contributed by atoms with E-state index in [0.717, 1.165) is 22.5 Å². The molecular formula is C16H14F3N5O2S. The first-order chi connectivity index (χ1) is 12.6. The van der Waals surface area contributed by atoms with Crippen molar-refractivity contribution >= 4 is 10.0 Å². The number of nitrogens with zero attached hydrogens (tertiary/aromatic N) is 4. The maximum absolute atomic E-state index is 12.7. The predicted molar refractivity (Wildman–Crippen MR) is 90.6 cm³/mol. The molecule has 0 amide bonds. The molecular weight excluding hydrogens is 383 g/mol. The highest BCUT2D eigenvalue weighted by atomic mass is 32.2. The summed E-state index contributed by atoms with van der Waals surface area (Å²) in [5, 5.41) is 16.4. The first-order valence-corrected chi connectivity index (χ1v) is 9.36. The average Bonchev–Trinajstić information content (AvgIpc) is 3.01. The molecule has 0 aliphatic carbocycles. The summed E-state index contributed by atoms with van der Waals surface area (Å²) < 4.78 is 60.3. The molecule has 0 radical (unpaired) electrons. The van der Waals surface area contributed by atoms with E-state index in [1.54, 1.807) is 24.3 Å². The molecule has 0 spiro atoms. The first-order valence-electron chi connectivity index (χ1n) is 7.64. The Morgan fingerprint density at radius 1 is 1.04 bits per heavy atom. The van der Waals surface area contributed by atoms with Gasteiger partial charge >= 0.3 is 6.18 Å². The van der Waals surface area contributed by atoms with Gasteiger partial charge in [0.05, 0.1) is 5.56 Å². The number of nitrogens with two attached hydrogens (primary N) is 1. The summed E-state index contributed by atoms with van der Waals surface area (Å²) in [5.41, 5.74) is 1.31. The first kappa shape index (κ1) is 19.0. The van der Waals surface area contributed by atoms with Gasteiger partial charge in [0.1, 0.15) is 0 Å². The van der Waals surface area contributed by atoms with Crippen molar-refractivity contribution in [3.8, 4) is 11.4 Å². The Hall–Kier alpha value is -2.79. The lowest BCUT2D eigenvalue weighted by Gasteiger charge is -2.09. The standard InChI is InChI=1S/C16H14F3N5O2S/c17-16(18,19)13-7-5-11(6-8-13)9-12-3-1-2-4-14(12)15-21-23-24(22-15)10-27(20,25)26/h1-8H,9-10H2,(H2,20,25,26). The Labute approximate surface area is 152 Å². The number of tetrazole rings is 1. The molecule has 11 heteroatoms. The molecule has 2 aromatic carbocycles. The third-order valence-corrected chi connectivity index (χ3v) is 4.27. The molecule has 0 bridgehead atoms. The Morgan fingerprint density at radius 2 is 1.70 bits per heavy atom. The van der Waals surface area contributed by atoms with Crippen LogP contribution in [0.2, 0.25) is 0 Å². The summed E-state index contributed by atoms with van der Waals surface area (Å²) in [6, 6.07) is 11.9. The van der Waals surface area contributed by atoms with Gasteiger partial charge in [-0.2, -0.15) is 13.2 Å². The van der Waals surface area contributed by atoms with Crippen LogP contribution in [0.3, 0.4) is 0 Å². The van der Waals surface area contributed by atoms with Crippen LogP contribution < -0.4 is 5.14 Å². The minimum atomic E-state index is -4.39. The zero-order valence-electron chi connectivity index (χ0n) is 13.8. The number of hydrogen-bond acceptors (Lipinski definition) is 5. The lowest BCUT2D eigenvalue weighted by Crippen LogP contribution is -2.20. The molecule has 0 aliphatic heterocycles. The van der Waals surface area contributed by atoms with Crippen LogP contribution in [0.15, 0.2) is 48.5 Å². The molecule has 7 nitrogen and oxygen atoms in total. The minimum Gasteiger partial charge on any atom is -0.227 e. The van der Waals surface area contributed by atoms with Crippen molar-refractivity contribution in [2.24, 2.45) is 5.14 Å². The molecule has 0 saturated carbocycles. The van der Waals surface area contributed by atoms with E-state index in [9.17, 15) is 21.6 Å². The molecule has 0 saturated heterocycles. The van der Waals surface area contributed by atoms with E-state index in [1.165, 1.54) is 12.1 Å². The van der Waals surface area contributed by atoms with Gasteiger partial charge in [0, 0.05) is 5.56 Å². The summed E-state index contributed by atoms with van der Waals surface area (Å²) in [7, 11) is -3.81. The van der Waals surface area contributed by atoms with E-state index in [1.807, 2.05) is 0 Å². The van der Waals surface area contributed by atoms with E-state index in [4.69, 9.17) is 5.14 Å². The average molecular weight is 397 g/mol. The molecule has 1 aromatic heterocycles. The molecule has 1 heterocycles. The number of rotatable bonds is 5. The van der Waals surface area contributed by atoms with Gasteiger partial charge in [-0.1, -0.05) is 36.4 Å². The minimum absolute atomic E-state index is 0.196. The lowest BCUT2D eigenvalue weighted by atomic mass is 9.98. The number of hydrogen-bond donors (Lipinski definition) is 1. The Balaban J connectivity index is 1.86. The molecule has 2 N–H and O–H groups in total. The second-order valence-corrected chi connectivity index (χ2v) is 7.39. The SMILES string of the molecule is NS(=O)(=O)Cn1nnc(-c2ccccc2Cc2ccc(C(F)(F)F)cc2)n1. The highest BCUT2D eigenvalue weighted by Gasteiger charge is 2.29. The molecule has 27 heavy (non-hydrogen) atoms. The van der Waals surface area contributed by atoms with E-state index in [-0.39, 0.29) is 5.82 Å². The van der Waals surface area contributed by atoms with Gasteiger partial charge in [0.25, 0.3) is 0 Å². The van der Waals surface area contributed by atoms with Crippen molar-refractivity contribution < 1.29 is 21.6 Å². The third-order valence-electron chi connectivity index (χ3n) is 3.68. The van der Waals surface area contributed by atoms with Crippen LogP contribution >= 0.6 is 0 Å². The Morgan fingerprint density at radius 3 is 2.33 bits per heavy atom. The fourth-order valence-electron chi connectivity index (χ4n) is 2.49. The summed E-state index contributed by atoms with van der Waals surface area (Å²) >= 11 is 0. The lowest BCUT2D eigenvalue weighted by molar-refractivity contribution is -0.137. The van der Waals surface area contributed by atoms with Crippen molar-refractivity contribution in [3.05, 3.63) is 65.2 Å². The zero-order valence-corrected chi connectivity index (χ0v) is 14.6. The summed E-state index contributed by atoms with van der Waals surface area (Å²) in [5.74, 6) is -0.415. The maximum atomic E-state index is 12.7. The van der Waals surface area contributed by atoms with Crippen LogP contribution in [0.1, 0.15) is 16.7 Å². The number of benzene rings is 2. The van der Waals surface area contributed by atoms with Crippen LogP contribution in [-0.4, -0.2) is 28.6 Å². The van der Waals surface area contributed by atoms with Gasteiger partial charge in [-0.05, 0) is 34.9 Å². The third kappa shape index (κ3) is 4.89. The monoisotopic (exact) mass is 397 g/mol. The van der Waals surface area contributed by atoms with Crippen molar-refractivity contribution in [2.45, 2.75) is 18.5 Å². The number of aromatic nitrogens is 4. The Bertz CT molecular complexity index is 1050. The smallest absolute Gasteiger partial charge is 0.227 e. The van der Waals surface area contributed by atoms with Gasteiger partial charge in [-0.25, -0.2) is 13.6 Å². The van der Waals surface area contributed by atoms with Crippen molar-refractivity contribution in [2.75, 3.05) is 0 Å². The van der Waals surface area contributed by atoms with Crippen molar-refractivity contribution in [1.29, 1.82) is 0 Å². The quantitative estimate of drug-likeness (QED) is 0.711. The number of halogens is 3. The van der Waals surface area contributed by atoms with E-state index in [2.05, 4.69) is 15.4 Å². The predicted octanol–water partition coefficient (Wildman–Crippen LogP) is 2.20. The van der Waals surface area contributed by atoms with Crippen molar-refractivity contribution in [3.63, 3.8) is 0 Å². The van der Waals surface area contributed by atoms with Gasteiger partial charge < -0.3 is 0 Å². The highest BCUT2D eigenvalue weighted by Crippen LogP contribution is 2.30. The molecule has 142 valence electrons. The largest absolute Gasteiger partial charge is 0.416 e. The fraction of sp³-hybridized carbons (Fsp3) is 0.188. The summed E-state index contributed by atoms with van der Waals surface area (Å²) in [6.07, 6.45) is -4.04. The van der Waals surface area contributed by atoms with Crippen molar-refractivity contribution in [1.82, 2.24) is 20.2 Å². The molecule has 3 rings (SSSR count). The van der Waals surface area contributed by atoms with Crippen LogP contribution in [0.4, 0.5) is 13.2 Å². The van der Waals surface area contributed by atoms with Crippen LogP contribution in [0.5, 0.6) is 0 Å². The summed E-state index contributed by atoms with van der Waals surface area (Å²) in [4.78, 5) is 0.861. The van der Waals surface area contributed by atoms with Gasteiger partial charge in [0.2, 0.25) is 15.8 Å². The number of alkyl halides is 3. The normalized spacial score (nSPS) is 12.3. The van der Waals surface area contributed by atoms with Gasteiger partial charge in [0.15, 0.2) is 5.88 Å². The molecule has 0 aliphatic rings.